The first-order valence-electron chi connectivity index (χ1n) is 4.28. The van der Waals surface area contributed by atoms with Crippen molar-refractivity contribution in [2.75, 3.05) is 19.8 Å². The SMILES string of the molecule is OCCCC(CO)(CO)CC(F)(F)F. The average molecular weight is 216 g/mol. The molecule has 3 nitrogen and oxygen atoms in total. The van der Waals surface area contributed by atoms with E-state index in [-0.39, 0.29) is 19.4 Å². The number of aliphatic hydroxyl groups is 3. The van der Waals surface area contributed by atoms with Crippen molar-refractivity contribution in [3.63, 3.8) is 0 Å². The van der Waals surface area contributed by atoms with Crippen molar-refractivity contribution in [3.05, 3.63) is 0 Å². The standard InChI is InChI=1S/C8H15F3O3/c9-8(10,11)4-7(5-13,6-14)2-1-3-12/h12-14H,1-6H2. The molecule has 0 aliphatic heterocycles. The molecule has 86 valence electrons. The van der Waals surface area contributed by atoms with Crippen molar-refractivity contribution in [1.29, 1.82) is 0 Å². The third-order valence-corrected chi connectivity index (χ3v) is 2.11. The minimum atomic E-state index is -4.42. The van der Waals surface area contributed by atoms with Crippen LogP contribution < -0.4 is 0 Å². The summed E-state index contributed by atoms with van der Waals surface area (Å²) in [5.41, 5.74) is -1.55. The van der Waals surface area contributed by atoms with Crippen LogP contribution in [0.25, 0.3) is 0 Å². The van der Waals surface area contributed by atoms with Crippen LogP contribution in [0.1, 0.15) is 19.3 Å². The molecule has 0 amide bonds. The lowest BCUT2D eigenvalue weighted by Crippen LogP contribution is -2.35. The summed E-state index contributed by atoms with van der Waals surface area (Å²) in [5.74, 6) is 0. The molecular weight excluding hydrogens is 201 g/mol. The second-order valence-corrected chi connectivity index (χ2v) is 3.44. The molecule has 0 aliphatic rings. The van der Waals surface area contributed by atoms with Crippen LogP contribution in [-0.4, -0.2) is 41.3 Å². The maximum Gasteiger partial charge on any atom is 0.389 e. The lowest BCUT2D eigenvalue weighted by Gasteiger charge is -2.30. The summed E-state index contributed by atoms with van der Waals surface area (Å²) < 4.78 is 36.2. The third kappa shape index (κ3) is 4.78. The zero-order valence-electron chi connectivity index (χ0n) is 7.72. The molecule has 6 heteroatoms. The van der Waals surface area contributed by atoms with E-state index in [9.17, 15) is 13.2 Å². The second kappa shape index (κ2) is 5.53. The van der Waals surface area contributed by atoms with E-state index in [1.165, 1.54) is 0 Å². The van der Waals surface area contributed by atoms with Crippen LogP contribution in [-0.2, 0) is 0 Å². The van der Waals surface area contributed by atoms with Gasteiger partial charge >= 0.3 is 6.18 Å². The van der Waals surface area contributed by atoms with Gasteiger partial charge in [-0.15, -0.1) is 0 Å². The summed E-state index contributed by atoms with van der Waals surface area (Å²) >= 11 is 0. The number of rotatable bonds is 6. The van der Waals surface area contributed by atoms with E-state index < -0.39 is 31.2 Å². The summed E-state index contributed by atoms with van der Waals surface area (Å²) in [4.78, 5) is 0. The molecule has 0 unspecified atom stereocenters. The van der Waals surface area contributed by atoms with Crippen LogP contribution in [0.3, 0.4) is 0 Å². The van der Waals surface area contributed by atoms with Crippen LogP contribution in [0.4, 0.5) is 13.2 Å². The highest BCUT2D eigenvalue weighted by Gasteiger charge is 2.41. The highest BCUT2D eigenvalue weighted by Crippen LogP contribution is 2.36. The van der Waals surface area contributed by atoms with Gasteiger partial charge in [-0.3, -0.25) is 0 Å². The predicted octanol–water partition coefficient (Wildman–Crippen LogP) is 0.682. The molecule has 0 saturated heterocycles. The Hall–Kier alpha value is -0.330. The zero-order valence-corrected chi connectivity index (χ0v) is 7.72. The number of hydrogen-bond acceptors (Lipinski definition) is 3. The van der Waals surface area contributed by atoms with Crippen molar-refractivity contribution < 1.29 is 28.5 Å². The molecule has 3 N–H and O–H groups in total. The second-order valence-electron chi connectivity index (χ2n) is 3.44. The number of alkyl halides is 3. The number of hydrogen-bond donors (Lipinski definition) is 3. The van der Waals surface area contributed by atoms with Crippen molar-refractivity contribution in [2.24, 2.45) is 5.41 Å². The maximum absolute atomic E-state index is 12.1. The van der Waals surface area contributed by atoms with Gasteiger partial charge in [0.25, 0.3) is 0 Å². The van der Waals surface area contributed by atoms with E-state index in [4.69, 9.17) is 15.3 Å². The smallest absolute Gasteiger partial charge is 0.389 e. The van der Waals surface area contributed by atoms with Crippen LogP contribution in [0.2, 0.25) is 0 Å². The van der Waals surface area contributed by atoms with Gasteiger partial charge in [-0.25, -0.2) is 0 Å². The summed E-state index contributed by atoms with van der Waals surface area (Å²) in [6.45, 7) is -1.72. The first-order valence-corrected chi connectivity index (χ1v) is 4.28. The van der Waals surface area contributed by atoms with Gasteiger partial charge in [0.15, 0.2) is 0 Å². The predicted molar refractivity (Wildman–Crippen MR) is 43.6 cm³/mol. The minimum Gasteiger partial charge on any atom is -0.396 e. The van der Waals surface area contributed by atoms with Crippen LogP contribution >= 0.6 is 0 Å². The maximum atomic E-state index is 12.1. The van der Waals surface area contributed by atoms with Crippen LogP contribution in [0.5, 0.6) is 0 Å². The van der Waals surface area contributed by atoms with E-state index >= 15 is 0 Å². The van der Waals surface area contributed by atoms with Crippen molar-refractivity contribution in [3.8, 4) is 0 Å². The molecule has 0 aromatic heterocycles. The van der Waals surface area contributed by atoms with E-state index in [0.29, 0.717) is 0 Å². The van der Waals surface area contributed by atoms with Gasteiger partial charge in [0.2, 0.25) is 0 Å². The first kappa shape index (κ1) is 13.7. The van der Waals surface area contributed by atoms with Crippen molar-refractivity contribution in [2.45, 2.75) is 25.4 Å². The highest BCUT2D eigenvalue weighted by atomic mass is 19.4. The molecule has 0 atom stereocenters. The largest absolute Gasteiger partial charge is 0.396 e. The quantitative estimate of drug-likeness (QED) is 0.612. The molecule has 0 spiro atoms. The Morgan fingerprint density at radius 3 is 1.71 bits per heavy atom. The van der Waals surface area contributed by atoms with Gasteiger partial charge in [-0.1, -0.05) is 0 Å². The van der Waals surface area contributed by atoms with Crippen molar-refractivity contribution in [1.82, 2.24) is 0 Å². The first-order chi connectivity index (χ1) is 6.39. The van der Waals surface area contributed by atoms with Crippen LogP contribution in [0.15, 0.2) is 0 Å². The monoisotopic (exact) mass is 216 g/mol. The van der Waals surface area contributed by atoms with Gasteiger partial charge in [0.1, 0.15) is 0 Å². The average Bonchev–Trinajstić information content (AvgIpc) is 2.10. The Morgan fingerprint density at radius 1 is 0.929 bits per heavy atom. The molecule has 0 aliphatic carbocycles. The Kier molecular flexibility index (Phi) is 5.40. The Morgan fingerprint density at radius 2 is 1.43 bits per heavy atom. The number of halogens is 3. The molecule has 0 fully saturated rings. The van der Waals surface area contributed by atoms with E-state index in [1.807, 2.05) is 0 Å². The van der Waals surface area contributed by atoms with E-state index in [0.717, 1.165) is 0 Å². The third-order valence-electron chi connectivity index (χ3n) is 2.11. The lowest BCUT2D eigenvalue weighted by molar-refractivity contribution is -0.171. The molecule has 0 heterocycles. The fourth-order valence-corrected chi connectivity index (χ4v) is 1.29. The molecule has 0 radical (unpaired) electrons. The minimum absolute atomic E-state index is 0.0456. The number of aliphatic hydroxyl groups excluding tert-OH is 3. The normalized spacial score (nSPS) is 13.3. The zero-order chi connectivity index (χ0) is 11.2. The molecule has 0 bridgehead atoms. The molecular formula is C8H15F3O3. The van der Waals surface area contributed by atoms with Crippen LogP contribution in [0, 0.1) is 5.41 Å². The van der Waals surface area contributed by atoms with Gasteiger partial charge in [0.05, 0.1) is 19.6 Å². The Labute approximate surface area is 80.2 Å². The van der Waals surface area contributed by atoms with E-state index in [1.54, 1.807) is 0 Å². The molecule has 0 aromatic carbocycles. The van der Waals surface area contributed by atoms with E-state index in [2.05, 4.69) is 0 Å². The van der Waals surface area contributed by atoms with Gasteiger partial charge < -0.3 is 15.3 Å². The highest BCUT2D eigenvalue weighted by molar-refractivity contribution is 4.80. The van der Waals surface area contributed by atoms with Gasteiger partial charge in [-0.2, -0.15) is 13.2 Å². The summed E-state index contributed by atoms with van der Waals surface area (Å²) in [5, 5.41) is 26.1. The Bertz CT molecular complexity index is 154. The van der Waals surface area contributed by atoms with Gasteiger partial charge in [-0.05, 0) is 12.8 Å². The lowest BCUT2D eigenvalue weighted by atomic mass is 9.81. The molecule has 0 aromatic rings. The van der Waals surface area contributed by atoms with Crippen molar-refractivity contribution >= 4 is 0 Å². The fraction of sp³-hybridized carbons (Fsp3) is 1.00. The fourth-order valence-electron chi connectivity index (χ4n) is 1.29. The van der Waals surface area contributed by atoms with Gasteiger partial charge in [0, 0.05) is 12.0 Å². The Balaban J connectivity index is 4.36. The molecule has 14 heavy (non-hydrogen) atoms. The summed E-state index contributed by atoms with van der Waals surface area (Å²) in [6.07, 6.45) is -5.55. The summed E-state index contributed by atoms with van der Waals surface area (Å²) in [6, 6.07) is 0. The molecule has 0 saturated carbocycles. The summed E-state index contributed by atoms with van der Waals surface area (Å²) in [7, 11) is 0. The topological polar surface area (TPSA) is 60.7 Å². The molecule has 0 rings (SSSR count).